The molecule has 0 aliphatic rings. The maximum absolute atomic E-state index is 8.86. The van der Waals surface area contributed by atoms with Crippen molar-refractivity contribution in [2.75, 3.05) is 6.61 Å². The molecular formula is C10H20O. The van der Waals surface area contributed by atoms with Gasteiger partial charge in [-0.05, 0) is 24.2 Å². The summed E-state index contributed by atoms with van der Waals surface area (Å²) in [4.78, 5) is 0. The molecule has 0 aliphatic carbocycles. The van der Waals surface area contributed by atoms with E-state index in [1.807, 2.05) is 6.08 Å². The van der Waals surface area contributed by atoms with E-state index in [0.717, 1.165) is 6.42 Å². The summed E-state index contributed by atoms with van der Waals surface area (Å²) in [6, 6.07) is 0. The van der Waals surface area contributed by atoms with Gasteiger partial charge in [0.25, 0.3) is 0 Å². The molecule has 0 rings (SSSR count). The first-order chi connectivity index (χ1) is 5.11. The van der Waals surface area contributed by atoms with Crippen molar-refractivity contribution in [1.29, 1.82) is 0 Å². The topological polar surface area (TPSA) is 20.2 Å². The molecule has 0 spiro atoms. The van der Waals surface area contributed by atoms with Crippen molar-refractivity contribution < 1.29 is 5.11 Å². The maximum atomic E-state index is 8.86. The highest BCUT2D eigenvalue weighted by Crippen LogP contribution is 2.19. The van der Waals surface area contributed by atoms with Crippen LogP contribution in [-0.2, 0) is 0 Å². The van der Waals surface area contributed by atoms with Gasteiger partial charge < -0.3 is 5.11 Å². The Labute approximate surface area is 70.1 Å². The predicted octanol–water partition coefficient (Wildman–Crippen LogP) is 2.46. The second-order valence-electron chi connectivity index (χ2n) is 3.59. The van der Waals surface area contributed by atoms with Crippen LogP contribution in [0.25, 0.3) is 0 Å². The van der Waals surface area contributed by atoms with E-state index in [-0.39, 0.29) is 0 Å². The lowest BCUT2D eigenvalue weighted by Gasteiger charge is -2.19. The lowest BCUT2D eigenvalue weighted by atomic mass is 9.88. The van der Waals surface area contributed by atoms with Crippen LogP contribution >= 0.6 is 0 Å². The molecule has 0 bridgehead atoms. The molecule has 66 valence electrons. The van der Waals surface area contributed by atoms with Gasteiger partial charge in [-0.1, -0.05) is 26.8 Å². The van der Waals surface area contributed by atoms with Gasteiger partial charge in [0.15, 0.2) is 0 Å². The molecule has 0 amide bonds. The lowest BCUT2D eigenvalue weighted by molar-refractivity contribution is 0.185. The van der Waals surface area contributed by atoms with E-state index in [0.29, 0.717) is 24.4 Å². The first-order valence-electron chi connectivity index (χ1n) is 4.35. The maximum Gasteiger partial charge on any atom is 0.0459 e. The third-order valence-corrected chi connectivity index (χ3v) is 2.41. The highest BCUT2D eigenvalue weighted by molar-refractivity contribution is 4.77. The lowest BCUT2D eigenvalue weighted by Crippen LogP contribution is -2.14. The van der Waals surface area contributed by atoms with Gasteiger partial charge in [0.2, 0.25) is 0 Å². The third-order valence-electron chi connectivity index (χ3n) is 2.41. The van der Waals surface area contributed by atoms with Crippen LogP contribution in [0.1, 0.15) is 27.2 Å². The fourth-order valence-corrected chi connectivity index (χ4v) is 1.09. The average Bonchev–Trinajstić information content (AvgIpc) is 2.02. The normalized spacial score (nSPS) is 18.9. The average molecular weight is 156 g/mol. The number of rotatable bonds is 5. The molecule has 0 heterocycles. The molecule has 0 radical (unpaired) electrons. The van der Waals surface area contributed by atoms with Gasteiger partial charge in [0.05, 0.1) is 0 Å². The van der Waals surface area contributed by atoms with Crippen molar-refractivity contribution in [3.8, 4) is 0 Å². The fraction of sp³-hybridized carbons (Fsp3) is 0.800. The highest BCUT2D eigenvalue weighted by Gasteiger charge is 2.12. The Morgan fingerprint density at radius 2 is 1.82 bits per heavy atom. The smallest absolute Gasteiger partial charge is 0.0459 e. The summed E-state index contributed by atoms with van der Waals surface area (Å²) in [7, 11) is 0. The Kier molecular flexibility index (Phi) is 5.22. The van der Waals surface area contributed by atoms with E-state index in [9.17, 15) is 0 Å². The van der Waals surface area contributed by atoms with Crippen LogP contribution in [0.3, 0.4) is 0 Å². The van der Waals surface area contributed by atoms with E-state index in [1.54, 1.807) is 0 Å². The Balaban J connectivity index is 3.66. The monoisotopic (exact) mass is 156 g/mol. The van der Waals surface area contributed by atoms with E-state index >= 15 is 0 Å². The van der Waals surface area contributed by atoms with Crippen molar-refractivity contribution in [3.05, 3.63) is 12.7 Å². The molecule has 0 fully saturated rings. The zero-order valence-electron chi connectivity index (χ0n) is 7.88. The van der Waals surface area contributed by atoms with Crippen molar-refractivity contribution in [2.45, 2.75) is 27.2 Å². The number of aliphatic hydroxyl groups excluding tert-OH is 1. The molecule has 0 aromatic carbocycles. The first kappa shape index (κ1) is 10.7. The Hall–Kier alpha value is -0.300. The second kappa shape index (κ2) is 5.36. The van der Waals surface area contributed by atoms with Crippen molar-refractivity contribution >= 4 is 0 Å². The summed E-state index contributed by atoms with van der Waals surface area (Å²) in [6.07, 6.45) is 3.10. The van der Waals surface area contributed by atoms with E-state index in [4.69, 9.17) is 5.11 Å². The van der Waals surface area contributed by atoms with Crippen LogP contribution in [0.15, 0.2) is 12.7 Å². The van der Waals surface area contributed by atoms with E-state index in [1.165, 1.54) is 0 Å². The molecule has 0 saturated heterocycles. The van der Waals surface area contributed by atoms with Gasteiger partial charge in [0.1, 0.15) is 0 Å². The molecule has 1 N–H and O–H groups in total. The zero-order chi connectivity index (χ0) is 8.85. The van der Waals surface area contributed by atoms with Crippen molar-refractivity contribution in [3.63, 3.8) is 0 Å². The van der Waals surface area contributed by atoms with Gasteiger partial charge >= 0.3 is 0 Å². The molecular weight excluding hydrogens is 136 g/mol. The molecule has 1 nitrogen and oxygen atoms in total. The summed E-state index contributed by atoms with van der Waals surface area (Å²) < 4.78 is 0. The minimum Gasteiger partial charge on any atom is -0.396 e. The summed E-state index contributed by atoms with van der Waals surface area (Å²) >= 11 is 0. The molecule has 0 aromatic rings. The van der Waals surface area contributed by atoms with Gasteiger partial charge in [-0.15, -0.1) is 6.58 Å². The summed E-state index contributed by atoms with van der Waals surface area (Å²) in [5.74, 6) is 1.57. The molecule has 0 saturated carbocycles. The second-order valence-corrected chi connectivity index (χ2v) is 3.59. The van der Waals surface area contributed by atoms with Crippen molar-refractivity contribution in [1.82, 2.24) is 0 Å². The van der Waals surface area contributed by atoms with Gasteiger partial charge in [-0.25, -0.2) is 0 Å². The van der Waals surface area contributed by atoms with Crippen LogP contribution in [0.4, 0.5) is 0 Å². The minimum absolute atomic E-state index is 0.297. The third kappa shape index (κ3) is 4.20. The predicted molar refractivity (Wildman–Crippen MR) is 49.4 cm³/mol. The van der Waals surface area contributed by atoms with Gasteiger partial charge in [-0.2, -0.15) is 0 Å². The van der Waals surface area contributed by atoms with Crippen LogP contribution in [0, 0.1) is 17.8 Å². The van der Waals surface area contributed by atoms with Crippen LogP contribution in [0.2, 0.25) is 0 Å². The number of aliphatic hydroxyl groups is 1. The Bertz CT molecular complexity index is 109. The molecule has 3 unspecified atom stereocenters. The number of hydrogen-bond acceptors (Lipinski definition) is 1. The van der Waals surface area contributed by atoms with E-state index in [2.05, 4.69) is 27.4 Å². The SMILES string of the molecule is C=CC(C)CC(C)C(C)CO. The molecule has 3 atom stereocenters. The molecule has 0 aliphatic heterocycles. The molecule has 1 heteroatoms. The minimum atomic E-state index is 0.297. The van der Waals surface area contributed by atoms with Gasteiger partial charge in [-0.3, -0.25) is 0 Å². The summed E-state index contributed by atoms with van der Waals surface area (Å²) in [6.45, 7) is 10.5. The van der Waals surface area contributed by atoms with E-state index < -0.39 is 0 Å². The largest absolute Gasteiger partial charge is 0.396 e. The number of allylic oxidation sites excluding steroid dienone is 1. The van der Waals surface area contributed by atoms with Gasteiger partial charge in [0, 0.05) is 6.61 Å². The quantitative estimate of drug-likeness (QED) is 0.606. The Morgan fingerprint density at radius 3 is 2.18 bits per heavy atom. The fourth-order valence-electron chi connectivity index (χ4n) is 1.09. The Morgan fingerprint density at radius 1 is 1.27 bits per heavy atom. The van der Waals surface area contributed by atoms with Crippen LogP contribution in [-0.4, -0.2) is 11.7 Å². The standard InChI is InChI=1S/C10H20O/c1-5-8(2)6-9(3)10(4)7-11/h5,8-11H,1,6-7H2,2-4H3. The summed E-state index contributed by atoms with van der Waals surface area (Å²) in [5, 5.41) is 8.86. The zero-order valence-corrected chi connectivity index (χ0v) is 7.88. The highest BCUT2D eigenvalue weighted by atomic mass is 16.3. The van der Waals surface area contributed by atoms with Crippen LogP contribution in [0.5, 0.6) is 0 Å². The summed E-state index contributed by atoms with van der Waals surface area (Å²) in [5.41, 5.74) is 0. The number of hydrogen-bond donors (Lipinski definition) is 1. The molecule has 0 aromatic heterocycles. The first-order valence-corrected chi connectivity index (χ1v) is 4.35. The molecule has 11 heavy (non-hydrogen) atoms. The van der Waals surface area contributed by atoms with Crippen LogP contribution < -0.4 is 0 Å². The van der Waals surface area contributed by atoms with Crippen molar-refractivity contribution in [2.24, 2.45) is 17.8 Å².